The third-order valence-corrected chi connectivity index (χ3v) is 4.86. The summed E-state index contributed by atoms with van der Waals surface area (Å²) in [5, 5.41) is 7.79. The fraction of sp³-hybridized carbons (Fsp3) is 0.250. The molecular formula is C24H25ClFN3O2. The standard InChI is InChI=1S/C24H25ClFN3O2/c1-5-17-6-7-18(12-21(17)26)24(30)27-23-10-16(4)29(28-23)13-19-11-20(25)8-9-22(19)31-14-15(2)3/h5-12,15H,1,13-14H2,2-4H3,(H,27,28,30). The van der Waals surface area contributed by atoms with Crippen molar-refractivity contribution in [3.05, 3.63) is 82.3 Å². The van der Waals surface area contributed by atoms with Crippen molar-refractivity contribution in [2.24, 2.45) is 5.92 Å². The number of benzene rings is 2. The summed E-state index contributed by atoms with van der Waals surface area (Å²) in [5.74, 6) is 0.572. The van der Waals surface area contributed by atoms with Gasteiger partial charge < -0.3 is 10.1 Å². The highest BCUT2D eigenvalue weighted by Gasteiger charge is 2.14. The third kappa shape index (κ3) is 5.73. The van der Waals surface area contributed by atoms with Crippen molar-refractivity contribution in [2.45, 2.75) is 27.3 Å². The van der Waals surface area contributed by atoms with E-state index in [0.29, 0.717) is 35.5 Å². The van der Waals surface area contributed by atoms with Crippen LogP contribution in [0.25, 0.3) is 6.08 Å². The molecule has 0 aliphatic carbocycles. The summed E-state index contributed by atoms with van der Waals surface area (Å²) in [4.78, 5) is 12.5. The molecule has 1 aromatic heterocycles. The average Bonchev–Trinajstić information content (AvgIpc) is 3.05. The van der Waals surface area contributed by atoms with Crippen LogP contribution in [0.1, 0.15) is 41.0 Å². The van der Waals surface area contributed by atoms with Crippen LogP contribution in [0.5, 0.6) is 5.75 Å². The van der Waals surface area contributed by atoms with Crippen LogP contribution in [-0.2, 0) is 6.54 Å². The number of hydrogen-bond donors (Lipinski definition) is 1. The van der Waals surface area contributed by atoms with Crippen molar-refractivity contribution in [1.29, 1.82) is 0 Å². The van der Waals surface area contributed by atoms with E-state index in [1.807, 2.05) is 19.1 Å². The minimum absolute atomic E-state index is 0.203. The zero-order valence-corrected chi connectivity index (χ0v) is 18.5. The maximum Gasteiger partial charge on any atom is 0.256 e. The molecule has 0 radical (unpaired) electrons. The fourth-order valence-corrected chi connectivity index (χ4v) is 3.18. The van der Waals surface area contributed by atoms with Crippen molar-refractivity contribution in [3.8, 4) is 5.75 Å². The second-order valence-electron chi connectivity index (χ2n) is 7.68. The minimum atomic E-state index is -0.501. The Morgan fingerprint density at radius 3 is 2.74 bits per heavy atom. The van der Waals surface area contributed by atoms with Crippen molar-refractivity contribution < 1.29 is 13.9 Å². The number of carbonyl (C=O) groups is 1. The quantitative estimate of drug-likeness (QED) is 0.469. The lowest BCUT2D eigenvalue weighted by Gasteiger charge is -2.14. The Labute approximate surface area is 186 Å². The van der Waals surface area contributed by atoms with Crippen molar-refractivity contribution in [1.82, 2.24) is 9.78 Å². The summed E-state index contributed by atoms with van der Waals surface area (Å²) < 4.78 is 21.6. The molecule has 31 heavy (non-hydrogen) atoms. The summed E-state index contributed by atoms with van der Waals surface area (Å²) in [6.07, 6.45) is 1.40. The molecule has 0 atom stereocenters. The van der Waals surface area contributed by atoms with Gasteiger partial charge in [0.2, 0.25) is 0 Å². The van der Waals surface area contributed by atoms with Gasteiger partial charge in [-0.05, 0) is 43.2 Å². The van der Waals surface area contributed by atoms with E-state index in [1.54, 1.807) is 22.9 Å². The normalized spacial score (nSPS) is 10.9. The molecule has 1 N–H and O–H groups in total. The SMILES string of the molecule is C=Cc1ccc(C(=O)Nc2cc(C)n(Cc3cc(Cl)ccc3OCC(C)C)n2)cc1F. The summed E-state index contributed by atoms with van der Waals surface area (Å²) in [6.45, 7) is 10.6. The van der Waals surface area contributed by atoms with Crippen LogP contribution in [0.3, 0.4) is 0 Å². The van der Waals surface area contributed by atoms with Crippen molar-refractivity contribution >= 4 is 29.4 Å². The van der Waals surface area contributed by atoms with E-state index < -0.39 is 11.7 Å². The number of nitrogens with zero attached hydrogens (tertiary/aromatic N) is 2. The Hall–Kier alpha value is -3.12. The first kappa shape index (κ1) is 22.6. The molecule has 5 nitrogen and oxygen atoms in total. The Balaban J connectivity index is 1.77. The van der Waals surface area contributed by atoms with Crippen LogP contribution in [0.4, 0.5) is 10.2 Å². The van der Waals surface area contributed by atoms with Crippen LogP contribution < -0.4 is 10.1 Å². The van der Waals surface area contributed by atoms with Gasteiger partial charge in [0.05, 0.1) is 13.2 Å². The molecule has 0 bridgehead atoms. The van der Waals surface area contributed by atoms with Gasteiger partial charge >= 0.3 is 0 Å². The number of hydrogen-bond acceptors (Lipinski definition) is 3. The lowest BCUT2D eigenvalue weighted by atomic mass is 10.1. The van der Waals surface area contributed by atoms with E-state index in [2.05, 4.69) is 30.8 Å². The highest BCUT2D eigenvalue weighted by molar-refractivity contribution is 6.30. The van der Waals surface area contributed by atoms with Crippen LogP contribution in [0.2, 0.25) is 5.02 Å². The van der Waals surface area contributed by atoms with E-state index in [1.165, 1.54) is 18.2 Å². The first-order chi connectivity index (χ1) is 14.8. The van der Waals surface area contributed by atoms with Gasteiger partial charge in [0.15, 0.2) is 5.82 Å². The summed E-state index contributed by atoms with van der Waals surface area (Å²) in [7, 11) is 0. The number of anilines is 1. The van der Waals surface area contributed by atoms with E-state index >= 15 is 0 Å². The number of amides is 1. The van der Waals surface area contributed by atoms with Gasteiger partial charge in [-0.15, -0.1) is 0 Å². The lowest BCUT2D eigenvalue weighted by Crippen LogP contribution is -2.13. The van der Waals surface area contributed by atoms with Crippen LogP contribution >= 0.6 is 11.6 Å². The number of nitrogens with one attached hydrogen (secondary N) is 1. The highest BCUT2D eigenvalue weighted by atomic mass is 35.5. The van der Waals surface area contributed by atoms with Gasteiger partial charge in [0, 0.05) is 33.5 Å². The summed E-state index contributed by atoms with van der Waals surface area (Å²) in [6, 6.07) is 11.5. The topological polar surface area (TPSA) is 56.2 Å². The zero-order valence-electron chi connectivity index (χ0n) is 17.8. The van der Waals surface area contributed by atoms with E-state index in [4.69, 9.17) is 16.3 Å². The molecule has 3 aromatic rings. The molecule has 7 heteroatoms. The van der Waals surface area contributed by atoms with Gasteiger partial charge in [-0.1, -0.05) is 44.2 Å². The number of ether oxygens (including phenoxy) is 1. The molecule has 0 aliphatic rings. The molecule has 0 aliphatic heterocycles. The molecule has 0 saturated heterocycles. The summed E-state index contributed by atoms with van der Waals surface area (Å²) in [5.41, 5.74) is 2.28. The Kier molecular flexibility index (Phi) is 7.13. The maximum absolute atomic E-state index is 13.9. The Morgan fingerprint density at radius 1 is 1.29 bits per heavy atom. The van der Waals surface area contributed by atoms with Gasteiger partial charge in [0.25, 0.3) is 5.91 Å². The van der Waals surface area contributed by atoms with Gasteiger partial charge in [-0.25, -0.2) is 4.39 Å². The van der Waals surface area contributed by atoms with Crippen LogP contribution in [0.15, 0.2) is 49.0 Å². The second kappa shape index (κ2) is 9.79. The Morgan fingerprint density at radius 2 is 2.06 bits per heavy atom. The van der Waals surface area contributed by atoms with Crippen molar-refractivity contribution in [3.63, 3.8) is 0 Å². The maximum atomic E-state index is 13.9. The molecular weight excluding hydrogens is 417 g/mol. The Bertz CT molecular complexity index is 1110. The van der Waals surface area contributed by atoms with Gasteiger partial charge in [-0.3, -0.25) is 9.48 Å². The molecule has 0 unspecified atom stereocenters. The van der Waals surface area contributed by atoms with E-state index in [0.717, 1.165) is 17.0 Å². The number of halogens is 2. The number of carbonyl (C=O) groups excluding carboxylic acids is 1. The number of rotatable bonds is 8. The second-order valence-corrected chi connectivity index (χ2v) is 8.12. The minimum Gasteiger partial charge on any atom is -0.493 e. The smallest absolute Gasteiger partial charge is 0.256 e. The van der Waals surface area contributed by atoms with Gasteiger partial charge in [0.1, 0.15) is 11.6 Å². The molecule has 162 valence electrons. The van der Waals surface area contributed by atoms with Gasteiger partial charge in [-0.2, -0.15) is 5.10 Å². The predicted molar refractivity (Wildman–Crippen MR) is 122 cm³/mol. The van der Waals surface area contributed by atoms with Crippen LogP contribution in [0, 0.1) is 18.7 Å². The van der Waals surface area contributed by atoms with E-state index in [9.17, 15) is 9.18 Å². The number of aryl methyl sites for hydroxylation is 1. The molecule has 3 rings (SSSR count). The molecule has 2 aromatic carbocycles. The monoisotopic (exact) mass is 441 g/mol. The van der Waals surface area contributed by atoms with Crippen molar-refractivity contribution in [2.75, 3.05) is 11.9 Å². The molecule has 1 heterocycles. The molecule has 1 amide bonds. The molecule has 0 saturated carbocycles. The number of aromatic nitrogens is 2. The van der Waals surface area contributed by atoms with Crippen LogP contribution in [-0.4, -0.2) is 22.3 Å². The zero-order chi connectivity index (χ0) is 22.5. The highest BCUT2D eigenvalue weighted by Crippen LogP contribution is 2.25. The molecule has 0 spiro atoms. The average molecular weight is 442 g/mol. The predicted octanol–water partition coefficient (Wildman–Crippen LogP) is 5.96. The first-order valence-electron chi connectivity index (χ1n) is 9.96. The first-order valence-corrected chi connectivity index (χ1v) is 10.3. The van der Waals surface area contributed by atoms with E-state index in [-0.39, 0.29) is 5.56 Å². The molecule has 0 fully saturated rings. The largest absolute Gasteiger partial charge is 0.493 e. The summed E-state index contributed by atoms with van der Waals surface area (Å²) >= 11 is 6.18. The lowest BCUT2D eigenvalue weighted by molar-refractivity contribution is 0.102. The fourth-order valence-electron chi connectivity index (χ4n) is 2.98. The third-order valence-electron chi connectivity index (χ3n) is 4.62.